The predicted molar refractivity (Wildman–Crippen MR) is 89.8 cm³/mol. The van der Waals surface area contributed by atoms with Crippen molar-refractivity contribution in [3.05, 3.63) is 51.2 Å². The van der Waals surface area contributed by atoms with E-state index in [0.29, 0.717) is 31.1 Å². The Morgan fingerprint density at radius 2 is 1.62 bits per heavy atom. The maximum absolute atomic E-state index is 13.8. The summed E-state index contributed by atoms with van der Waals surface area (Å²) in [6.45, 7) is 5.38. The number of amides is 2. The summed E-state index contributed by atoms with van der Waals surface area (Å²) >= 11 is 1.39. The molecule has 5 nitrogen and oxygen atoms in total. The van der Waals surface area contributed by atoms with Crippen molar-refractivity contribution in [2.75, 3.05) is 26.2 Å². The van der Waals surface area contributed by atoms with Crippen LogP contribution in [0.25, 0.3) is 0 Å². The molecule has 0 atom stereocenters. The van der Waals surface area contributed by atoms with E-state index in [1.165, 1.54) is 23.5 Å². The van der Waals surface area contributed by atoms with E-state index in [4.69, 9.17) is 0 Å². The molecule has 1 aliphatic heterocycles. The number of benzene rings is 1. The molecule has 1 fully saturated rings. The first kappa shape index (κ1) is 16.6. The van der Waals surface area contributed by atoms with Crippen molar-refractivity contribution in [3.8, 4) is 0 Å². The normalized spacial score (nSPS) is 14.8. The zero-order valence-corrected chi connectivity index (χ0v) is 14.4. The summed E-state index contributed by atoms with van der Waals surface area (Å²) in [4.78, 5) is 33.2. The Bertz CT molecular complexity index is 782. The van der Waals surface area contributed by atoms with Crippen LogP contribution in [-0.2, 0) is 0 Å². The Hall–Kier alpha value is -2.28. The highest BCUT2D eigenvalue weighted by Gasteiger charge is 2.28. The fraction of sp³-hybridized carbons (Fsp3) is 0.353. The van der Waals surface area contributed by atoms with E-state index in [1.807, 2.05) is 13.8 Å². The van der Waals surface area contributed by atoms with Gasteiger partial charge in [0, 0.05) is 26.2 Å². The number of piperazine rings is 1. The topological polar surface area (TPSA) is 53.5 Å². The molecule has 0 aliphatic carbocycles. The third-order valence-corrected chi connectivity index (χ3v) is 5.12. The van der Waals surface area contributed by atoms with E-state index < -0.39 is 5.82 Å². The highest BCUT2D eigenvalue weighted by atomic mass is 32.1. The first-order chi connectivity index (χ1) is 11.5. The second-order valence-corrected chi connectivity index (χ2v) is 6.91. The van der Waals surface area contributed by atoms with Gasteiger partial charge in [0.15, 0.2) is 0 Å². The van der Waals surface area contributed by atoms with Gasteiger partial charge in [0.2, 0.25) is 0 Å². The van der Waals surface area contributed by atoms with Gasteiger partial charge in [-0.15, -0.1) is 11.3 Å². The third kappa shape index (κ3) is 3.17. The molecule has 1 aromatic carbocycles. The van der Waals surface area contributed by atoms with Crippen molar-refractivity contribution >= 4 is 23.2 Å². The van der Waals surface area contributed by atoms with Crippen LogP contribution in [0, 0.1) is 19.7 Å². The first-order valence-corrected chi connectivity index (χ1v) is 8.56. The summed E-state index contributed by atoms with van der Waals surface area (Å²) in [6, 6.07) is 5.97. The van der Waals surface area contributed by atoms with Gasteiger partial charge < -0.3 is 9.80 Å². The van der Waals surface area contributed by atoms with Gasteiger partial charge in [0.25, 0.3) is 11.8 Å². The summed E-state index contributed by atoms with van der Waals surface area (Å²) in [5.74, 6) is -0.891. The van der Waals surface area contributed by atoms with E-state index in [-0.39, 0.29) is 17.4 Å². The fourth-order valence-corrected chi connectivity index (χ4v) is 3.68. The second kappa shape index (κ2) is 6.68. The second-order valence-electron chi connectivity index (χ2n) is 5.71. The van der Waals surface area contributed by atoms with Crippen LogP contribution in [-0.4, -0.2) is 52.8 Å². The largest absolute Gasteiger partial charge is 0.335 e. The SMILES string of the molecule is Cc1nc(C)c(C(=O)N2CCN(C(=O)c3ccccc3F)CC2)s1. The smallest absolute Gasteiger partial charge is 0.265 e. The summed E-state index contributed by atoms with van der Waals surface area (Å²) in [6.07, 6.45) is 0. The van der Waals surface area contributed by atoms with E-state index in [2.05, 4.69) is 4.98 Å². The summed E-state index contributed by atoms with van der Waals surface area (Å²) in [7, 11) is 0. The zero-order valence-electron chi connectivity index (χ0n) is 13.6. The van der Waals surface area contributed by atoms with Crippen LogP contribution in [0.5, 0.6) is 0 Å². The van der Waals surface area contributed by atoms with Gasteiger partial charge in [-0.1, -0.05) is 12.1 Å². The lowest BCUT2D eigenvalue weighted by Gasteiger charge is -2.34. The van der Waals surface area contributed by atoms with Crippen molar-refractivity contribution in [3.63, 3.8) is 0 Å². The molecule has 0 unspecified atom stereocenters. The molecule has 0 radical (unpaired) electrons. The minimum Gasteiger partial charge on any atom is -0.335 e. The van der Waals surface area contributed by atoms with Crippen molar-refractivity contribution in [2.45, 2.75) is 13.8 Å². The number of thiazole rings is 1. The van der Waals surface area contributed by atoms with Gasteiger partial charge >= 0.3 is 0 Å². The maximum Gasteiger partial charge on any atom is 0.265 e. The number of aromatic nitrogens is 1. The molecule has 0 bridgehead atoms. The minimum atomic E-state index is -0.517. The average Bonchev–Trinajstić information content (AvgIpc) is 2.92. The maximum atomic E-state index is 13.8. The molecule has 1 aromatic heterocycles. The third-order valence-electron chi connectivity index (χ3n) is 4.06. The fourth-order valence-electron chi connectivity index (χ4n) is 2.79. The molecule has 0 N–H and O–H groups in total. The van der Waals surface area contributed by atoms with Crippen LogP contribution < -0.4 is 0 Å². The molecule has 7 heteroatoms. The molecular weight excluding hydrogens is 329 g/mol. The van der Waals surface area contributed by atoms with Crippen molar-refractivity contribution in [1.82, 2.24) is 14.8 Å². The first-order valence-electron chi connectivity index (χ1n) is 7.74. The molecule has 0 saturated carbocycles. The Morgan fingerprint density at radius 1 is 1.04 bits per heavy atom. The number of hydrogen-bond donors (Lipinski definition) is 0. The van der Waals surface area contributed by atoms with E-state index in [0.717, 1.165) is 10.7 Å². The molecule has 1 aliphatic rings. The number of carbonyl (C=O) groups excluding carboxylic acids is 2. The highest BCUT2D eigenvalue weighted by Crippen LogP contribution is 2.20. The molecule has 0 spiro atoms. The minimum absolute atomic E-state index is 0.0453. The highest BCUT2D eigenvalue weighted by molar-refractivity contribution is 7.13. The van der Waals surface area contributed by atoms with Crippen molar-refractivity contribution < 1.29 is 14.0 Å². The van der Waals surface area contributed by atoms with Gasteiger partial charge in [0.1, 0.15) is 10.7 Å². The molecular formula is C17H18FN3O2S. The number of aryl methyl sites for hydroxylation is 2. The van der Waals surface area contributed by atoms with Gasteiger partial charge in [-0.25, -0.2) is 9.37 Å². The van der Waals surface area contributed by atoms with Gasteiger partial charge in [0.05, 0.1) is 16.3 Å². The van der Waals surface area contributed by atoms with Gasteiger partial charge in [-0.2, -0.15) is 0 Å². The van der Waals surface area contributed by atoms with Crippen molar-refractivity contribution in [2.24, 2.45) is 0 Å². The van der Waals surface area contributed by atoms with E-state index in [1.54, 1.807) is 21.9 Å². The number of hydrogen-bond acceptors (Lipinski definition) is 4. The van der Waals surface area contributed by atoms with Crippen LogP contribution in [0.2, 0.25) is 0 Å². The molecule has 1 saturated heterocycles. The molecule has 3 rings (SSSR count). The molecule has 24 heavy (non-hydrogen) atoms. The molecule has 2 aromatic rings. The van der Waals surface area contributed by atoms with E-state index in [9.17, 15) is 14.0 Å². The number of rotatable bonds is 2. The van der Waals surface area contributed by atoms with Gasteiger partial charge in [-0.05, 0) is 26.0 Å². The lowest BCUT2D eigenvalue weighted by Crippen LogP contribution is -2.50. The van der Waals surface area contributed by atoms with Crippen LogP contribution in [0.3, 0.4) is 0 Å². The van der Waals surface area contributed by atoms with Crippen molar-refractivity contribution in [1.29, 1.82) is 0 Å². The zero-order chi connectivity index (χ0) is 17.3. The van der Waals surface area contributed by atoms with Crippen LogP contribution in [0.15, 0.2) is 24.3 Å². The lowest BCUT2D eigenvalue weighted by atomic mass is 10.1. The lowest BCUT2D eigenvalue weighted by molar-refractivity contribution is 0.0535. The summed E-state index contributed by atoms with van der Waals surface area (Å²) in [5, 5.41) is 0.865. The quantitative estimate of drug-likeness (QED) is 0.839. The molecule has 126 valence electrons. The molecule has 2 heterocycles. The monoisotopic (exact) mass is 347 g/mol. The Morgan fingerprint density at radius 3 is 2.17 bits per heavy atom. The number of halogens is 1. The van der Waals surface area contributed by atoms with Gasteiger partial charge in [-0.3, -0.25) is 9.59 Å². The Kier molecular flexibility index (Phi) is 4.62. The number of carbonyl (C=O) groups is 2. The van der Waals surface area contributed by atoms with E-state index >= 15 is 0 Å². The summed E-state index contributed by atoms with van der Waals surface area (Å²) in [5.41, 5.74) is 0.818. The number of nitrogens with zero attached hydrogens (tertiary/aromatic N) is 3. The Balaban J connectivity index is 1.66. The van der Waals surface area contributed by atoms with Crippen LogP contribution in [0.4, 0.5) is 4.39 Å². The van der Waals surface area contributed by atoms with Crippen LogP contribution in [0.1, 0.15) is 30.7 Å². The standard InChI is InChI=1S/C17H18FN3O2S/c1-11-15(24-12(2)19-11)17(23)21-9-7-20(8-10-21)16(22)13-5-3-4-6-14(13)18/h3-6H,7-10H2,1-2H3. The average molecular weight is 347 g/mol. The molecule has 2 amide bonds. The summed E-state index contributed by atoms with van der Waals surface area (Å²) < 4.78 is 13.8. The Labute approximate surface area is 143 Å². The predicted octanol–water partition coefficient (Wildman–Crippen LogP) is 2.50. The van der Waals surface area contributed by atoms with Crippen LogP contribution >= 0.6 is 11.3 Å².